The molecule has 1 saturated carbocycles. The summed E-state index contributed by atoms with van der Waals surface area (Å²) in [6, 6.07) is 3.88. The lowest BCUT2D eigenvalue weighted by molar-refractivity contribution is 0.153. The minimum atomic E-state index is -0.783. The first-order chi connectivity index (χ1) is 6.53. The van der Waals surface area contributed by atoms with Crippen LogP contribution in [0, 0.1) is 17.6 Å². The number of halogens is 3. The van der Waals surface area contributed by atoms with Crippen LogP contribution in [-0.4, -0.2) is 0 Å². The van der Waals surface area contributed by atoms with Gasteiger partial charge in [-0.1, -0.05) is 13.0 Å². The van der Waals surface area contributed by atoms with Gasteiger partial charge in [-0.2, -0.15) is 0 Å². The van der Waals surface area contributed by atoms with Crippen molar-refractivity contribution in [1.29, 1.82) is 0 Å². The van der Waals surface area contributed by atoms with E-state index in [1.807, 2.05) is 6.92 Å². The monoisotopic (exact) mass is 233 g/mol. The molecule has 4 heteroatoms. The van der Waals surface area contributed by atoms with E-state index in [4.69, 9.17) is 5.73 Å². The van der Waals surface area contributed by atoms with Crippen LogP contribution in [-0.2, 0) is 5.54 Å². The summed E-state index contributed by atoms with van der Waals surface area (Å²) in [5.41, 5.74) is 5.21. The molecule has 0 radical (unpaired) electrons. The molecule has 0 heterocycles. The van der Waals surface area contributed by atoms with E-state index in [9.17, 15) is 8.78 Å². The fraction of sp³-hybridized carbons (Fsp3) is 0.455. The number of benzene rings is 1. The van der Waals surface area contributed by atoms with E-state index in [2.05, 4.69) is 0 Å². The zero-order valence-corrected chi connectivity index (χ0v) is 9.28. The molecule has 0 saturated heterocycles. The molecule has 84 valence electrons. The van der Waals surface area contributed by atoms with Gasteiger partial charge in [0.05, 0.1) is 0 Å². The number of nitrogens with two attached hydrogens (primary N) is 1. The zero-order valence-electron chi connectivity index (χ0n) is 8.47. The Bertz CT molecular complexity index is 341. The summed E-state index contributed by atoms with van der Waals surface area (Å²) >= 11 is 0. The van der Waals surface area contributed by atoms with Crippen LogP contribution in [0.4, 0.5) is 8.78 Å². The van der Waals surface area contributed by atoms with E-state index < -0.39 is 17.2 Å². The molecule has 0 bridgehead atoms. The zero-order chi connectivity index (χ0) is 10.3. The molecule has 1 fully saturated rings. The molecule has 15 heavy (non-hydrogen) atoms. The van der Waals surface area contributed by atoms with E-state index in [-0.39, 0.29) is 18.0 Å². The summed E-state index contributed by atoms with van der Waals surface area (Å²) in [4.78, 5) is 0. The molecule has 1 aliphatic rings. The number of hydrogen-bond donors (Lipinski definition) is 1. The van der Waals surface area contributed by atoms with Gasteiger partial charge in [-0.25, -0.2) is 8.78 Å². The summed E-state index contributed by atoms with van der Waals surface area (Å²) in [6.07, 6.45) is 1.32. The molecule has 2 rings (SSSR count). The Morgan fingerprint density at radius 2 is 1.73 bits per heavy atom. The van der Waals surface area contributed by atoms with Crippen molar-refractivity contribution < 1.29 is 8.78 Å². The molecule has 1 aromatic carbocycles. The van der Waals surface area contributed by atoms with Crippen molar-refractivity contribution >= 4 is 12.4 Å². The van der Waals surface area contributed by atoms with Crippen molar-refractivity contribution in [1.82, 2.24) is 0 Å². The Balaban J connectivity index is 0.00000112. The molecular formula is C11H14ClF2N. The highest BCUT2D eigenvalue weighted by atomic mass is 35.5. The lowest BCUT2D eigenvalue weighted by Crippen LogP contribution is -2.49. The molecule has 1 aliphatic carbocycles. The lowest BCUT2D eigenvalue weighted by Gasteiger charge is -2.44. The van der Waals surface area contributed by atoms with Gasteiger partial charge in [0.1, 0.15) is 11.6 Å². The lowest BCUT2D eigenvalue weighted by atomic mass is 9.66. The van der Waals surface area contributed by atoms with Crippen LogP contribution in [0.25, 0.3) is 0 Å². The Kier molecular flexibility index (Phi) is 3.36. The normalized spacial score (nSPS) is 29.2. The summed E-state index contributed by atoms with van der Waals surface area (Å²) in [5.74, 6) is -0.599. The van der Waals surface area contributed by atoms with E-state index >= 15 is 0 Å². The highest BCUT2D eigenvalue weighted by molar-refractivity contribution is 5.85. The Hall–Kier alpha value is -0.670. The van der Waals surface area contributed by atoms with Gasteiger partial charge in [0, 0.05) is 11.1 Å². The third kappa shape index (κ3) is 1.99. The van der Waals surface area contributed by atoms with Gasteiger partial charge in [-0.05, 0) is 30.9 Å². The average molecular weight is 234 g/mol. The van der Waals surface area contributed by atoms with Crippen molar-refractivity contribution in [2.75, 3.05) is 0 Å². The predicted molar refractivity (Wildman–Crippen MR) is 57.9 cm³/mol. The highest BCUT2D eigenvalue weighted by Gasteiger charge is 2.43. The third-order valence-electron chi connectivity index (χ3n) is 2.89. The molecule has 0 amide bonds. The van der Waals surface area contributed by atoms with Crippen LogP contribution < -0.4 is 5.73 Å². The maximum atomic E-state index is 13.4. The standard InChI is InChI=1S/C11H13F2N.ClH/c1-7-5-11(14,6-7)10-8(12)3-2-4-9(10)13;/h2-4,7H,5-6,14H2,1H3;1H. The van der Waals surface area contributed by atoms with E-state index in [0.717, 1.165) is 0 Å². The summed E-state index contributed by atoms with van der Waals surface area (Å²) in [5, 5.41) is 0. The van der Waals surface area contributed by atoms with Gasteiger partial charge in [0.25, 0.3) is 0 Å². The molecular weight excluding hydrogens is 220 g/mol. The second-order valence-corrected chi connectivity index (χ2v) is 4.27. The fourth-order valence-corrected chi connectivity index (χ4v) is 2.36. The molecule has 0 spiro atoms. The van der Waals surface area contributed by atoms with Crippen LogP contribution in [0.5, 0.6) is 0 Å². The maximum absolute atomic E-state index is 13.4. The van der Waals surface area contributed by atoms with Crippen molar-refractivity contribution in [3.8, 4) is 0 Å². The van der Waals surface area contributed by atoms with Gasteiger partial charge in [0.2, 0.25) is 0 Å². The molecule has 1 nitrogen and oxygen atoms in total. The first-order valence-electron chi connectivity index (χ1n) is 4.76. The van der Waals surface area contributed by atoms with Crippen LogP contribution in [0.1, 0.15) is 25.3 Å². The molecule has 1 aromatic rings. The highest BCUT2D eigenvalue weighted by Crippen LogP contribution is 2.44. The van der Waals surface area contributed by atoms with E-state index in [1.54, 1.807) is 0 Å². The molecule has 0 unspecified atom stereocenters. The minimum Gasteiger partial charge on any atom is -0.321 e. The van der Waals surface area contributed by atoms with Gasteiger partial charge in [-0.3, -0.25) is 0 Å². The fourth-order valence-electron chi connectivity index (χ4n) is 2.36. The summed E-state index contributed by atoms with van der Waals surface area (Å²) in [7, 11) is 0. The second-order valence-electron chi connectivity index (χ2n) is 4.27. The van der Waals surface area contributed by atoms with E-state index in [1.165, 1.54) is 18.2 Å². The van der Waals surface area contributed by atoms with Gasteiger partial charge in [0.15, 0.2) is 0 Å². The van der Waals surface area contributed by atoms with Crippen molar-refractivity contribution in [2.45, 2.75) is 25.3 Å². The molecule has 0 aromatic heterocycles. The van der Waals surface area contributed by atoms with Crippen LogP contribution >= 0.6 is 12.4 Å². The van der Waals surface area contributed by atoms with Crippen LogP contribution in [0.15, 0.2) is 18.2 Å². The Morgan fingerprint density at radius 1 is 1.27 bits per heavy atom. The SMILES string of the molecule is CC1CC(N)(c2c(F)cccc2F)C1.Cl. The van der Waals surface area contributed by atoms with E-state index in [0.29, 0.717) is 18.8 Å². The van der Waals surface area contributed by atoms with Gasteiger partial charge < -0.3 is 5.73 Å². The van der Waals surface area contributed by atoms with Crippen molar-refractivity contribution in [3.05, 3.63) is 35.4 Å². The third-order valence-corrected chi connectivity index (χ3v) is 2.89. The smallest absolute Gasteiger partial charge is 0.131 e. The summed E-state index contributed by atoms with van der Waals surface area (Å²) < 4.78 is 26.7. The van der Waals surface area contributed by atoms with Crippen LogP contribution in [0.3, 0.4) is 0 Å². The van der Waals surface area contributed by atoms with Gasteiger partial charge in [-0.15, -0.1) is 12.4 Å². The summed E-state index contributed by atoms with van der Waals surface area (Å²) in [6.45, 7) is 2.03. The number of rotatable bonds is 1. The average Bonchev–Trinajstić information content (AvgIpc) is 2.00. The number of hydrogen-bond acceptors (Lipinski definition) is 1. The first-order valence-corrected chi connectivity index (χ1v) is 4.76. The quantitative estimate of drug-likeness (QED) is 0.793. The molecule has 0 atom stereocenters. The molecule has 2 N–H and O–H groups in total. The Morgan fingerprint density at radius 3 is 2.13 bits per heavy atom. The molecule has 0 aliphatic heterocycles. The van der Waals surface area contributed by atoms with Crippen molar-refractivity contribution in [2.24, 2.45) is 11.7 Å². The van der Waals surface area contributed by atoms with Crippen molar-refractivity contribution in [3.63, 3.8) is 0 Å². The Labute approximate surface area is 94.1 Å². The second kappa shape index (κ2) is 4.06. The predicted octanol–water partition coefficient (Wildman–Crippen LogP) is 2.97. The first kappa shape index (κ1) is 12.4. The van der Waals surface area contributed by atoms with Gasteiger partial charge >= 0.3 is 0 Å². The topological polar surface area (TPSA) is 26.0 Å². The maximum Gasteiger partial charge on any atom is 0.131 e. The van der Waals surface area contributed by atoms with Crippen LogP contribution in [0.2, 0.25) is 0 Å². The largest absolute Gasteiger partial charge is 0.321 e. The minimum absolute atomic E-state index is 0.